The van der Waals surface area contributed by atoms with Crippen molar-refractivity contribution in [3.63, 3.8) is 0 Å². The summed E-state index contributed by atoms with van der Waals surface area (Å²) in [6.45, 7) is 3.30. The fourth-order valence-electron chi connectivity index (χ4n) is 3.07. The Hall–Kier alpha value is -2.45. The van der Waals surface area contributed by atoms with Crippen LogP contribution in [0.25, 0.3) is 0 Å². The lowest BCUT2D eigenvalue weighted by atomic mass is 9.98. The number of anilines is 1. The van der Waals surface area contributed by atoms with E-state index in [1.807, 2.05) is 0 Å². The van der Waals surface area contributed by atoms with Gasteiger partial charge >= 0.3 is 0 Å². The van der Waals surface area contributed by atoms with E-state index in [1.54, 1.807) is 44.2 Å². The molecule has 1 heterocycles. The number of amides is 1. The molecule has 29 heavy (non-hydrogen) atoms. The highest BCUT2D eigenvalue weighted by Gasteiger charge is 2.33. The Bertz CT molecular complexity index is 1060. The summed E-state index contributed by atoms with van der Waals surface area (Å²) in [7, 11) is -3.36. The maximum Gasteiger partial charge on any atom is 0.242 e. The Kier molecular flexibility index (Phi) is 6.24. The van der Waals surface area contributed by atoms with Gasteiger partial charge in [-0.1, -0.05) is 36.7 Å². The van der Waals surface area contributed by atoms with Crippen molar-refractivity contribution in [3.8, 4) is 0 Å². The SMILES string of the molecule is CCC(=O)N1N=C(c2ccc(NS(=O)(=O)CC)cc2)C[C@H]1c1ccc(F)cc1Cl. The van der Waals surface area contributed by atoms with Crippen LogP contribution in [0.1, 0.15) is 43.9 Å². The first kappa shape index (κ1) is 21.3. The summed E-state index contributed by atoms with van der Waals surface area (Å²) in [5, 5.41) is 6.11. The average molecular weight is 438 g/mol. The van der Waals surface area contributed by atoms with Gasteiger partial charge in [-0.15, -0.1) is 0 Å². The average Bonchev–Trinajstić information content (AvgIpc) is 3.12. The van der Waals surface area contributed by atoms with Crippen LogP contribution in [0.3, 0.4) is 0 Å². The van der Waals surface area contributed by atoms with Gasteiger partial charge in [0.25, 0.3) is 0 Å². The molecule has 0 bridgehead atoms. The van der Waals surface area contributed by atoms with E-state index in [1.165, 1.54) is 17.1 Å². The molecular weight excluding hydrogens is 417 g/mol. The van der Waals surface area contributed by atoms with Crippen LogP contribution in [0, 0.1) is 5.82 Å². The summed E-state index contributed by atoms with van der Waals surface area (Å²) in [6, 6.07) is 10.5. The molecule has 154 valence electrons. The van der Waals surface area contributed by atoms with Crippen LogP contribution < -0.4 is 4.72 Å². The zero-order valence-electron chi connectivity index (χ0n) is 16.0. The van der Waals surface area contributed by atoms with Gasteiger partial charge in [-0.3, -0.25) is 9.52 Å². The predicted octanol–water partition coefficient (Wildman–Crippen LogP) is 4.33. The normalized spacial score (nSPS) is 16.6. The maximum atomic E-state index is 13.4. The van der Waals surface area contributed by atoms with Crippen molar-refractivity contribution in [2.45, 2.75) is 32.7 Å². The summed E-state index contributed by atoms with van der Waals surface area (Å²) in [5.74, 6) is -0.635. The number of hydrogen-bond donors (Lipinski definition) is 1. The van der Waals surface area contributed by atoms with Gasteiger partial charge in [-0.05, 0) is 42.3 Å². The Balaban J connectivity index is 1.89. The Morgan fingerprint density at radius 1 is 1.24 bits per heavy atom. The third-order valence-corrected chi connectivity index (χ3v) is 6.30. The van der Waals surface area contributed by atoms with Crippen LogP contribution in [0.4, 0.5) is 10.1 Å². The van der Waals surface area contributed by atoms with Crippen LogP contribution in [-0.2, 0) is 14.8 Å². The van der Waals surface area contributed by atoms with E-state index in [9.17, 15) is 17.6 Å². The molecule has 0 radical (unpaired) electrons. The zero-order valence-corrected chi connectivity index (χ0v) is 17.6. The van der Waals surface area contributed by atoms with E-state index >= 15 is 0 Å². The molecule has 0 spiro atoms. The van der Waals surface area contributed by atoms with Gasteiger partial charge in [0.2, 0.25) is 15.9 Å². The molecule has 0 fully saturated rings. The van der Waals surface area contributed by atoms with Crippen molar-refractivity contribution in [1.29, 1.82) is 0 Å². The summed E-state index contributed by atoms with van der Waals surface area (Å²) in [4.78, 5) is 12.4. The number of halogens is 2. The molecule has 0 saturated carbocycles. The highest BCUT2D eigenvalue weighted by Crippen LogP contribution is 2.37. The molecule has 1 aliphatic heterocycles. The number of sulfonamides is 1. The highest BCUT2D eigenvalue weighted by molar-refractivity contribution is 7.92. The van der Waals surface area contributed by atoms with Gasteiger partial charge in [0.15, 0.2) is 0 Å². The van der Waals surface area contributed by atoms with E-state index in [4.69, 9.17) is 11.6 Å². The number of rotatable bonds is 6. The number of carbonyl (C=O) groups excluding carboxylic acids is 1. The lowest BCUT2D eigenvalue weighted by molar-refractivity contribution is -0.132. The molecule has 1 atom stereocenters. The van der Waals surface area contributed by atoms with Crippen molar-refractivity contribution in [2.75, 3.05) is 10.5 Å². The van der Waals surface area contributed by atoms with E-state index < -0.39 is 21.9 Å². The predicted molar refractivity (Wildman–Crippen MR) is 112 cm³/mol. The van der Waals surface area contributed by atoms with Gasteiger partial charge in [-0.2, -0.15) is 5.10 Å². The quantitative estimate of drug-likeness (QED) is 0.730. The Morgan fingerprint density at radius 2 is 1.93 bits per heavy atom. The van der Waals surface area contributed by atoms with Crippen LogP contribution in [0.5, 0.6) is 0 Å². The minimum atomic E-state index is -3.36. The number of carbonyl (C=O) groups is 1. The second-order valence-electron chi connectivity index (χ2n) is 6.61. The van der Waals surface area contributed by atoms with Crippen molar-refractivity contribution >= 4 is 38.9 Å². The van der Waals surface area contributed by atoms with Crippen LogP contribution in [-0.4, -0.2) is 30.8 Å². The van der Waals surface area contributed by atoms with E-state index in [2.05, 4.69) is 9.82 Å². The fourth-order valence-corrected chi connectivity index (χ4v) is 4.01. The van der Waals surface area contributed by atoms with E-state index in [-0.39, 0.29) is 23.1 Å². The van der Waals surface area contributed by atoms with Crippen LogP contribution >= 0.6 is 11.6 Å². The molecule has 0 aliphatic carbocycles. The molecular formula is C20H21ClFN3O3S. The summed E-state index contributed by atoms with van der Waals surface area (Å²) in [5.41, 5.74) is 2.51. The van der Waals surface area contributed by atoms with Gasteiger partial charge in [0, 0.05) is 23.6 Å². The van der Waals surface area contributed by atoms with Crippen molar-refractivity contribution in [3.05, 3.63) is 64.4 Å². The number of hydrazone groups is 1. The third kappa shape index (κ3) is 4.76. The van der Waals surface area contributed by atoms with Gasteiger partial charge in [-0.25, -0.2) is 17.8 Å². The first-order valence-electron chi connectivity index (χ1n) is 9.19. The molecule has 3 rings (SSSR count). The summed E-state index contributed by atoms with van der Waals surface area (Å²) in [6.07, 6.45) is 0.682. The minimum absolute atomic E-state index is 0.0182. The van der Waals surface area contributed by atoms with Gasteiger partial charge in [0.1, 0.15) is 5.82 Å². The molecule has 2 aromatic carbocycles. The topological polar surface area (TPSA) is 78.8 Å². The molecule has 9 heteroatoms. The van der Waals surface area contributed by atoms with Crippen molar-refractivity contribution in [2.24, 2.45) is 5.10 Å². The zero-order chi connectivity index (χ0) is 21.2. The van der Waals surface area contributed by atoms with Gasteiger partial charge < -0.3 is 0 Å². The first-order chi connectivity index (χ1) is 13.7. The summed E-state index contributed by atoms with van der Waals surface area (Å²) >= 11 is 6.22. The smallest absolute Gasteiger partial charge is 0.242 e. The minimum Gasteiger partial charge on any atom is -0.284 e. The fraction of sp³-hybridized carbons (Fsp3) is 0.300. The van der Waals surface area contributed by atoms with Crippen LogP contribution in [0.2, 0.25) is 5.02 Å². The second-order valence-corrected chi connectivity index (χ2v) is 9.03. The largest absolute Gasteiger partial charge is 0.284 e. The molecule has 0 saturated heterocycles. The molecule has 0 unspecified atom stereocenters. The number of benzene rings is 2. The third-order valence-electron chi connectivity index (χ3n) is 4.66. The molecule has 2 aromatic rings. The van der Waals surface area contributed by atoms with E-state index in [0.29, 0.717) is 23.4 Å². The molecule has 1 aliphatic rings. The number of nitrogens with one attached hydrogen (secondary N) is 1. The van der Waals surface area contributed by atoms with Crippen molar-refractivity contribution < 1.29 is 17.6 Å². The lowest BCUT2D eigenvalue weighted by Gasteiger charge is -2.22. The Labute approximate surface area is 174 Å². The molecule has 1 N–H and O–H groups in total. The Morgan fingerprint density at radius 3 is 2.52 bits per heavy atom. The molecule has 0 aromatic heterocycles. The van der Waals surface area contributed by atoms with Crippen molar-refractivity contribution in [1.82, 2.24) is 5.01 Å². The lowest BCUT2D eigenvalue weighted by Crippen LogP contribution is -2.26. The van der Waals surface area contributed by atoms with E-state index in [0.717, 1.165) is 5.56 Å². The number of hydrogen-bond acceptors (Lipinski definition) is 4. The van der Waals surface area contributed by atoms with Gasteiger partial charge in [0.05, 0.1) is 17.5 Å². The monoisotopic (exact) mass is 437 g/mol. The van der Waals surface area contributed by atoms with Crippen LogP contribution in [0.15, 0.2) is 47.6 Å². The maximum absolute atomic E-state index is 13.4. The standard InChI is InChI=1S/C20H21ClFN3O3S/c1-3-20(26)25-19(16-10-7-14(22)11-17(16)21)12-18(23-25)13-5-8-15(9-6-13)24-29(27,28)4-2/h5-11,19,24H,3-4,12H2,1-2H3/t19-/m0/s1. The second kappa shape index (κ2) is 8.51. The summed E-state index contributed by atoms with van der Waals surface area (Å²) < 4.78 is 39.3. The highest BCUT2D eigenvalue weighted by atomic mass is 35.5. The number of nitrogens with zero attached hydrogens (tertiary/aromatic N) is 2. The first-order valence-corrected chi connectivity index (χ1v) is 11.2. The molecule has 1 amide bonds. The molecule has 6 nitrogen and oxygen atoms in total.